The molecule has 22 heavy (non-hydrogen) atoms. The minimum absolute atomic E-state index is 0.0772. The van der Waals surface area contributed by atoms with E-state index in [1.807, 2.05) is 13.2 Å². The molecule has 0 aliphatic carbocycles. The van der Waals surface area contributed by atoms with Crippen molar-refractivity contribution in [2.45, 2.75) is 24.1 Å². The number of rotatable bonds is 4. The predicted molar refractivity (Wildman–Crippen MR) is 88.6 cm³/mol. The minimum Gasteiger partial charge on any atom is -0.466 e. The van der Waals surface area contributed by atoms with Crippen molar-refractivity contribution in [1.82, 2.24) is 15.0 Å². The summed E-state index contributed by atoms with van der Waals surface area (Å²) in [5.74, 6) is 0.704. The number of carbonyl (C=O) groups is 1. The second-order valence-electron chi connectivity index (χ2n) is 5.07. The third kappa shape index (κ3) is 3.03. The molecule has 1 aliphatic heterocycles. The first-order chi connectivity index (χ1) is 10.7. The summed E-state index contributed by atoms with van der Waals surface area (Å²) in [6, 6.07) is 0. The standard InChI is InChI=1S/C14H18N4O2S2/c1-3-20-13(19)9-5-4-6-18(7-9)12-10-11(15-8-16-12)17-14(21-2)22-10/h8-9H,3-7H2,1-2H3/t9-/m1/s1. The van der Waals surface area contributed by atoms with Crippen LogP contribution in [0.5, 0.6) is 0 Å². The number of hydrogen-bond donors (Lipinski definition) is 0. The summed E-state index contributed by atoms with van der Waals surface area (Å²) in [5, 5.41) is 0. The monoisotopic (exact) mass is 338 g/mol. The van der Waals surface area contributed by atoms with Gasteiger partial charge in [-0.25, -0.2) is 15.0 Å². The van der Waals surface area contributed by atoms with E-state index in [0.717, 1.165) is 39.9 Å². The summed E-state index contributed by atoms with van der Waals surface area (Å²) in [4.78, 5) is 27.3. The molecule has 8 heteroatoms. The number of hydrogen-bond acceptors (Lipinski definition) is 8. The van der Waals surface area contributed by atoms with Crippen LogP contribution in [0.2, 0.25) is 0 Å². The first kappa shape index (κ1) is 15.5. The number of carbonyl (C=O) groups excluding carboxylic acids is 1. The van der Waals surface area contributed by atoms with Crippen molar-refractivity contribution < 1.29 is 9.53 Å². The van der Waals surface area contributed by atoms with Crippen molar-refractivity contribution in [3.63, 3.8) is 0 Å². The topological polar surface area (TPSA) is 68.2 Å². The molecule has 0 N–H and O–H groups in total. The normalized spacial score (nSPS) is 18.6. The van der Waals surface area contributed by atoms with E-state index in [4.69, 9.17) is 4.74 Å². The van der Waals surface area contributed by atoms with Gasteiger partial charge in [0.1, 0.15) is 11.0 Å². The zero-order valence-corrected chi connectivity index (χ0v) is 14.2. The first-order valence-corrected chi connectivity index (χ1v) is 9.34. The Balaban J connectivity index is 1.87. The molecule has 0 unspecified atom stereocenters. The lowest BCUT2D eigenvalue weighted by Gasteiger charge is -2.32. The zero-order chi connectivity index (χ0) is 15.5. The smallest absolute Gasteiger partial charge is 0.310 e. The van der Waals surface area contributed by atoms with Gasteiger partial charge in [-0.1, -0.05) is 11.8 Å². The lowest BCUT2D eigenvalue weighted by atomic mass is 9.98. The molecule has 0 bridgehead atoms. The van der Waals surface area contributed by atoms with Crippen molar-refractivity contribution in [3.05, 3.63) is 6.33 Å². The number of anilines is 1. The lowest BCUT2D eigenvalue weighted by molar-refractivity contribution is -0.148. The number of aromatic nitrogens is 3. The van der Waals surface area contributed by atoms with E-state index in [9.17, 15) is 4.79 Å². The Labute approximate surface area is 137 Å². The highest BCUT2D eigenvalue weighted by molar-refractivity contribution is 8.00. The number of nitrogens with zero attached hydrogens (tertiary/aromatic N) is 4. The number of ether oxygens (including phenoxy) is 1. The fourth-order valence-corrected chi connectivity index (χ4v) is 4.19. The molecule has 0 aromatic carbocycles. The highest BCUT2D eigenvalue weighted by atomic mass is 32.2. The van der Waals surface area contributed by atoms with Crippen LogP contribution in [-0.2, 0) is 9.53 Å². The molecule has 0 spiro atoms. The van der Waals surface area contributed by atoms with E-state index in [0.29, 0.717) is 13.2 Å². The largest absolute Gasteiger partial charge is 0.466 e. The molecule has 6 nitrogen and oxygen atoms in total. The van der Waals surface area contributed by atoms with Gasteiger partial charge in [0, 0.05) is 13.1 Å². The van der Waals surface area contributed by atoms with E-state index in [2.05, 4.69) is 19.9 Å². The van der Waals surface area contributed by atoms with Crippen molar-refractivity contribution in [2.24, 2.45) is 5.92 Å². The highest BCUT2D eigenvalue weighted by Gasteiger charge is 2.29. The second kappa shape index (κ2) is 6.78. The molecule has 2 aromatic rings. The van der Waals surface area contributed by atoms with Gasteiger partial charge in [-0.2, -0.15) is 0 Å². The minimum atomic E-state index is -0.105. The second-order valence-corrected chi connectivity index (χ2v) is 7.12. The lowest BCUT2D eigenvalue weighted by Crippen LogP contribution is -2.39. The van der Waals surface area contributed by atoms with Gasteiger partial charge in [-0.3, -0.25) is 4.79 Å². The maximum absolute atomic E-state index is 12.0. The van der Waals surface area contributed by atoms with Crippen LogP contribution in [0.3, 0.4) is 0 Å². The van der Waals surface area contributed by atoms with Crippen molar-refractivity contribution in [1.29, 1.82) is 0 Å². The van der Waals surface area contributed by atoms with Gasteiger partial charge in [0.2, 0.25) is 0 Å². The summed E-state index contributed by atoms with van der Waals surface area (Å²) >= 11 is 3.22. The molecule has 118 valence electrons. The molecule has 1 aliphatic rings. The van der Waals surface area contributed by atoms with Gasteiger partial charge < -0.3 is 9.64 Å². The average molecular weight is 338 g/mol. The third-order valence-corrected chi connectivity index (χ3v) is 5.69. The van der Waals surface area contributed by atoms with E-state index in [1.165, 1.54) is 0 Å². The van der Waals surface area contributed by atoms with Crippen LogP contribution < -0.4 is 4.90 Å². The number of esters is 1. The van der Waals surface area contributed by atoms with Gasteiger partial charge in [0.05, 0.1) is 12.5 Å². The fourth-order valence-electron chi connectivity index (χ4n) is 2.66. The number of fused-ring (bicyclic) bond motifs is 1. The fraction of sp³-hybridized carbons (Fsp3) is 0.571. The molecule has 0 saturated carbocycles. The first-order valence-electron chi connectivity index (χ1n) is 7.30. The molecule has 3 heterocycles. The van der Waals surface area contributed by atoms with Crippen molar-refractivity contribution >= 4 is 45.2 Å². The van der Waals surface area contributed by atoms with Crippen molar-refractivity contribution in [3.8, 4) is 0 Å². The predicted octanol–water partition coefficient (Wildman–Crippen LogP) is 2.59. The summed E-state index contributed by atoms with van der Waals surface area (Å²) in [6.45, 7) is 3.82. The SMILES string of the molecule is CCOC(=O)[C@@H]1CCCN(c2ncnc3nc(SC)sc23)C1. The van der Waals surface area contributed by atoms with E-state index < -0.39 is 0 Å². The maximum Gasteiger partial charge on any atom is 0.310 e. The average Bonchev–Trinajstić information content (AvgIpc) is 2.98. The quantitative estimate of drug-likeness (QED) is 0.627. The zero-order valence-electron chi connectivity index (χ0n) is 12.6. The van der Waals surface area contributed by atoms with Crippen LogP contribution in [-0.4, -0.2) is 46.9 Å². The van der Waals surface area contributed by atoms with Crippen LogP contribution in [0.4, 0.5) is 5.82 Å². The van der Waals surface area contributed by atoms with Crippen molar-refractivity contribution in [2.75, 3.05) is 30.9 Å². The summed E-state index contributed by atoms with van der Waals surface area (Å²) in [7, 11) is 0. The van der Waals surface area contributed by atoms with Gasteiger partial charge in [0.25, 0.3) is 0 Å². The Bertz CT molecular complexity index is 676. The molecule has 1 saturated heterocycles. The van der Waals surface area contributed by atoms with Crippen LogP contribution in [0.25, 0.3) is 10.3 Å². The Hall–Kier alpha value is -1.41. The van der Waals surface area contributed by atoms with E-state index >= 15 is 0 Å². The van der Waals surface area contributed by atoms with Gasteiger partial charge in [0.15, 0.2) is 15.8 Å². The maximum atomic E-state index is 12.0. The molecular formula is C14H18N4O2S2. The Morgan fingerprint density at radius 1 is 1.55 bits per heavy atom. The molecule has 0 amide bonds. The van der Waals surface area contributed by atoms with Crippen LogP contribution in [0.1, 0.15) is 19.8 Å². The summed E-state index contributed by atoms with van der Waals surface area (Å²) in [5.41, 5.74) is 0.734. The summed E-state index contributed by atoms with van der Waals surface area (Å²) in [6.07, 6.45) is 5.39. The van der Waals surface area contributed by atoms with Crippen LogP contribution >= 0.6 is 23.1 Å². The van der Waals surface area contributed by atoms with E-state index in [1.54, 1.807) is 29.4 Å². The Kier molecular flexibility index (Phi) is 4.77. The number of thioether (sulfide) groups is 1. The number of thiazole rings is 1. The van der Waals surface area contributed by atoms with Gasteiger partial charge in [-0.05, 0) is 26.0 Å². The summed E-state index contributed by atoms with van der Waals surface area (Å²) < 4.78 is 7.14. The Morgan fingerprint density at radius 2 is 2.41 bits per heavy atom. The van der Waals surface area contributed by atoms with Gasteiger partial charge >= 0.3 is 5.97 Å². The highest BCUT2D eigenvalue weighted by Crippen LogP contribution is 2.34. The van der Waals surface area contributed by atoms with E-state index in [-0.39, 0.29) is 11.9 Å². The number of piperidine rings is 1. The van der Waals surface area contributed by atoms with Crippen LogP contribution in [0.15, 0.2) is 10.7 Å². The van der Waals surface area contributed by atoms with Gasteiger partial charge in [-0.15, -0.1) is 11.3 Å². The molecule has 1 fully saturated rings. The molecule has 2 aromatic heterocycles. The van der Waals surface area contributed by atoms with Crippen LogP contribution in [0, 0.1) is 5.92 Å². The molecule has 0 radical (unpaired) electrons. The Morgan fingerprint density at radius 3 is 3.18 bits per heavy atom. The molecular weight excluding hydrogens is 320 g/mol. The molecule has 1 atom stereocenters. The molecule has 3 rings (SSSR count). The third-order valence-electron chi connectivity index (χ3n) is 3.67.